The monoisotopic (exact) mass is 517 g/mol. The highest BCUT2D eigenvalue weighted by molar-refractivity contribution is 5.95. The van der Waals surface area contributed by atoms with Crippen molar-refractivity contribution < 1.29 is 18.7 Å². The number of para-hydroxylation sites is 1. The summed E-state index contributed by atoms with van der Waals surface area (Å²) in [6.07, 6.45) is 2.70. The number of aromatic nitrogens is 2. The van der Waals surface area contributed by atoms with E-state index in [1.807, 2.05) is 13.0 Å². The summed E-state index contributed by atoms with van der Waals surface area (Å²) in [6.45, 7) is 4.41. The van der Waals surface area contributed by atoms with Crippen LogP contribution in [0.2, 0.25) is 0 Å². The molecule has 7 nitrogen and oxygen atoms in total. The van der Waals surface area contributed by atoms with Crippen LogP contribution in [0.25, 0.3) is 16.6 Å². The van der Waals surface area contributed by atoms with Gasteiger partial charge in [-0.3, -0.25) is 14.2 Å². The van der Waals surface area contributed by atoms with Gasteiger partial charge < -0.3 is 14.4 Å². The van der Waals surface area contributed by atoms with E-state index in [1.165, 1.54) is 30.9 Å². The lowest BCUT2D eigenvalue weighted by Crippen LogP contribution is -2.38. The molecule has 3 aromatic carbocycles. The lowest BCUT2D eigenvalue weighted by molar-refractivity contribution is 0.0676. The van der Waals surface area contributed by atoms with E-state index >= 15 is 0 Å². The molecule has 1 heterocycles. The third-order valence-corrected chi connectivity index (χ3v) is 6.59. The SMILES string of the molecule is CCCCCN(C(=O)c1cc(OC)cc(OC)c1)C(C)c1nc2ccccc2c(=O)n1-c1ccc(F)cc1. The van der Waals surface area contributed by atoms with Gasteiger partial charge in [0.05, 0.1) is 36.9 Å². The maximum atomic E-state index is 14.0. The first-order valence-corrected chi connectivity index (χ1v) is 12.7. The first-order chi connectivity index (χ1) is 18.4. The molecule has 1 atom stereocenters. The lowest BCUT2D eigenvalue weighted by atomic mass is 10.1. The average molecular weight is 518 g/mol. The summed E-state index contributed by atoms with van der Waals surface area (Å²) in [5.41, 5.74) is 1.12. The quantitative estimate of drug-likeness (QED) is 0.244. The van der Waals surface area contributed by atoms with Gasteiger partial charge in [-0.25, -0.2) is 9.37 Å². The maximum Gasteiger partial charge on any atom is 0.266 e. The predicted octanol–water partition coefficient (Wildman–Crippen LogP) is 5.94. The Morgan fingerprint density at radius 1 is 1.00 bits per heavy atom. The van der Waals surface area contributed by atoms with Crippen LogP contribution >= 0.6 is 0 Å². The Bertz CT molecular complexity index is 1460. The minimum absolute atomic E-state index is 0.237. The van der Waals surface area contributed by atoms with Crippen LogP contribution in [0.4, 0.5) is 4.39 Å². The molecular weight excluding hydrogens is 485 g/mol. The fourth-order valence-electron chi connectivity index (χ4n) is 4.51. The van der Waals surface area contributed by atoms with Crippen LogP contribution < -0.4 is 15.0 Å². The number of hydrogen-bond acceptors (Lipinski definition) is 5. The highest BCUT2D eigenvalue weighted by Crippen LogP contribution is 2.28. The second-order valence-corrected chi connectivity index (χ2v) is 9.09. The summed E-state index contributed by atoms with van der Waals surface area (Å²) in [7, 11) is 3.07. The van der Waals surface area contributed by atoms with E-state index in [0.717, 1.165) is 19.3 Å². The third kappa shape index (κ3) is 5.54. The van der Waals surface area contributed by atoms with Crippen molar-refractivity contribution in [3.05, 3.63) is 94.3 Å². The summed E-state index contributed by atoms with van der Waals surface area (Å²) < 4.78 is 26.0. The molecule has 38 heavy (non-hydrogen) atoms. The van der Waals surface area contributed by atoms with Gasteiger partial charge in [0, 0.05) is 18.2 Å². The lowest BCUT2D eigenvalue weighted by Gasteiger charge is -2.31. The van der Waals surface area contributed by atoms with Gasteiger partial charge in [-0.2, -0.15) is 0 Å². The van der Waals surface area contributed by atoms with Gasteiger partial charge in [-0.05, 0) is 61.9 Å². The predicted molar refractivity (Wildman–Crippen MR) is 146 cm³/mol. The summed E-state index contributed by atoms with van der Waals surface area (Å²) >= 11 is 0. The van der Waals surface area contributed by atoms with Gasteiger partial charge in [-0.15, -0.1) is 0 Å². The maximum absolute atomic E-state index is 14.0. The molecule has 0 N–H and O–H groups in total. The number of nitrogens with zero attached hydrogens (tertiary/aromatic N) is 3. The molecule has 0 saturated carbocycles. The number of ether oxygens (including phenoxy) is 2. The molecule has 0 fully saturated rings. The van der Waals surface area contributed by atoms with Gasteiger partial charge in [0.1, 0.15) is 23.1 Å². The van der Waals surface area contributed by atoms with Crippen LogP contribution in [0, 0.1) is 5.82 Å². The fourth-order valence-corrected chi connectivity index (χ4v) is 4.51. The van der Waals surface area contributed by atoms with Crippen LogP contribution in [0.5, 0.6) is 11.5 Å². The molecule has 0 spiro atoms. The number of methoxy groups -OCH3 is 2. The number of carbonyl (C=O) groups excluding carboxylic acids is 1. The number of hydrogen-bond donors (Lipinski definition) is 0. The minimum atomic E-state index is -0.584. The second kappa shape index (κ2) is 11.9. The first-order valence-electron chi connectivity index (χ1n) is 12.7. The van der Waals surface area contributed by atoms with Crippen LogP contribution in [0.1, 0.15) is 55.3 Å². The van der Waals surface area contributed by atoms with Crippen molar-refractivity contribution >= 4 is 16.8 Å². The van der Waals surface area contributed by atoms with Crippen molar-refractivity contribution in [2.75, 3.05) is 20.8 Å². The van der Waals surface area contributed by atoms with Gasteiger partial charge in [0.25, 0.3) is 11.5 Å². The number of amides is 1. The summed E-state index contributed by atoms with van der Waals surface area (Å²) in [5.74, 6) is 0.745. The van der Waals surface area contributed by atoms with E-state index in [0.29, 0.717) is 46.0 Å². The van der Waals surface area contributed by atoms with E-state index < -0.39 is 11.9 Å². The van der Waals surface area contributed by atoms with Crippen molar-refractivity contribution in [1.82, 2.24) is 14.5 Å². The number of halogens is 1. The molecule has 198 valence electrons. The standard InChI is InChI=1S/C30H32FN3O4/c1-5-6-9-16-33(29(35)21-17-24(37-3)19-25(18-21)38-4)20(2)28-32-27-11-8-7-10-26(27)30(36)34(28)23-14-12-22(31)13-15-23/h7-8,10-15,17-20H,5-6,9,16H2,1-4H3. The molecule has 4 aromatic rings. The summed E-state index contributed by atoms with van der Waals surface area (Å²) in [4.78, 5) is 34.3. The zero-order chi connectivity index (χ0) is 27.2. The average Bonchev–Trinajstić information content (AvgIpc) is 2.95. The molecule has 0 radical (unpaired) electrons. The molecule has 0 aliphatic heterocycles. The Balaban J connectivity index is 1.88. The Hall–Kier alpha value is -4.20. The number of rotatable bonds is 10. The number of fused-ring (bicyclic) bond motifs is 1. The van der Waals surface area contributed by atoms with Gasteiger partial charge in [0.2, 0.25) is 0 Å². The highest BCUT2D eigenvalue weighted by Gasteiger charge is 2.28. The number of benzene rings is 3. The smallest absolute Gasteiger partial charge is 0.266 e. The van der Waals surface area contributed by atoms with Crippen LogP contribution in [-0.4, -0.2) is 41.1 Å². The van der Waals surface area contributed by atoms with Crippen LogP contribution in [0.15, 0.2) is 71.5 Å². The molecule has 1 amide bonds. The highest BCUT2D eigenvalue weighted by atomic mass is 19.1. The molecule has 0 bridgehead atoms. The molecule has 0 saturated heterocycles. The normalized spacial score (nSPS) is 11.8. The number of unbranched alkanes of at least 4 members (excludes halogenated alkanes) is 2. The summed E-state index contributed by atoms with van der Waals surface area (Å²) in [6, 6.07) is 17.2. The number of carbonyl (C=O) groups is 1. The Morgan fingerprint density at radius 3 is 2.29 bits per heavy atom. The molecular formula is C30H32FN3O4. The zero-order valence-corrected chi connectivity index (χ0v) is 22.1. The van der Waals surface area contributed by atoms with Crippen LogP contribution in [0.3, 0.4) is 0 Å². The van der Waals surface area contributed by atoms with E-state index in [4.69, 9.17) is 14.5 Å². The van der Waals surface area contributed by atoms with E-state index in [2.05, 4.69) is 6.92 Å². The molecule has 8 heteroatoms. The third-order valence-electron chi connectivity index (χ3n) is 6.59. The van der Waals surface area contributed by atoms with Gasteiger partial charge in [-0.1, -0.05) is 31.9 Å². The largest absolute Gasteiger partial charge is 0.497 e. The van der Waals surface area contributed by atoms with Crippen molar-refractivity contribution in [3.63, 3.8) is 0 Å². The van der Waals surface area contributed by atoms with E-state index in [-0.39, 0.29) is 11.5 Å². The van der Waals surface area contributed by atoms with Crippen molar-refractivity contribution in [2.24, 2.45) is 0 Å². The fraction of sp³-hybridized carbons (Fsp3) is 0.300. The van der Waals surface area contributed by atoms with Gasteiger partial charge >= 0.3 is 0 Å². The van der Waals surface area contributed by atoms with E-state index in [9.17, 15) is 14.0 Å². The molecule has 4 rings (SSSR count). The molecule has 1 aromatic heterocycles. The molecule has 0 aliphatic rings. The molecule has 0 aliphatic carbocycles. The first kappa shape index (κ1) is 26.9. The van der Waals surface area contributed by atoms with Crippen molar-refractivity contribution in [3.8, 4) is 17.2 Å². The Labute approximate surface area is 221 Å². The second-order valence-electron chi connectivity index (χ2n) is 9.09. The van der Waals surface area contributed by atoms with Crippen molar-refractivity contribution in [1.29, 1.82) is 0 Å². The Kier molecular flexibility index (Phi) is 8.41. The summed E-state index contributed by atoms with van der Waals surface area (Å²) in [5, 5.41) is 0.439. The van der Waals surface area contributed by atoms with Crippen molar-refractivity contribution in [2.45, 2.75) is 39.2 Å². The minimum Gasteiger partial charge on any atom is -0.497 e. The zero-order valence-electron chi connectivity index (χ0n) is 22.1. The topological polar surface area (TPSA) is 73.7 Å². The van der Waals surface area contributed by atoms with Crippen LogP contribution in [-0.2, 0) is 0 Å². The molecule has 1 unspecified atom stereocenters. The van der Waals surface area contributed by atoms with E-state index in [1.54, 1.807) is 53.4 Å². The van der Waals surface area contributed by atoms with Gasteiger partial charge in [0.15, 0.2) is 0 Å². The Morgan fingerprint density at radius 2 is 1.66 bits per heavy atom.